The molecule has 0 saturated carbocycles. The van der Waals surface area contributed by atoms with Crippen molar-refractivity contribution in [1.82, 2.24) is 0 Å². The Balaban J connectivity index is 0.00000128. The molecule has 4 atom stereocenters. The summed E-state index contributed by atoms with van der Waals surface area (Å²) in [5.74, 6) is 3.10. The van der Waals surface area contributed by atoms with Crippen LogP contribution in [-0.2, 0) is 21.7 Å². The first-order valence-corrected chi connectivity index (χ1v) is 6.21. The van der Waals surface area contributed by atoms with Gasteiger partial charge < -0.3 is 0 Å². The van der Waals surface area contributed by atoms with E-state index in [1.165, 1.54) is 11.1 Å². The van der Waals surface area contributed by atoms with Gasteiger partial charge in [-0.2, -0.15) is 28.3 Å². The van der Waals surface area contributed by atoms with Gasteiger partial charge in [0.15, 0.2) is 0 Å². The van der Waals surface area contributed by atoms with Crippen LogP contribution in [0.3, 0.4) is 0 Å². The Morgan fingerprint density at radius 1 is 1.00 bits per heavy atom. The third-order valence-corrected chi connectivity index (χ3v) is 4.89. The summed E-state index contributed by atoms with van der Waals surface area (Å²) in [4.78, 5) is 0. The van der Waals surface area contributed by atoms with Gasteiger partial charge in [-0.1, -0.05) is 47.5 Å². The average Bonchev–Trinajstić information content (AvgIpc) is 2.47. The summed E-state index contributed by atoms with van der Waals surface area (Å²) < 4.78 is 0. The molecule has 0 spiro atoms. The molecule has 0 N–H and O–H groups in total. The number of fused-ring (bicyclic) bond motifs is 1. The van der Waals surface area contributed by atoms with Gasteiger partial charge >= 0.3 is 0 Å². The monoisotopic (exact) mass is 251 g/mol. The summed E-state index contributed by atoms with van der Waals surface area (Å²) in [6.45, 7) is 14.2. The van der Waals surface area contributed by atoms with Gasteiger partial charge in [-0.05, 0) is 17.8 Å². The van der Waals surface area contributed by atoms with E-state index in [-0.39, 0.29) is 21.7 Å². The molecule has 0 heterocycles. The van der Waals surface area contributed by atoms with Crippen LogP contribution in [-0.4, -0.2) is 0 Å². The van der Waals surface area contributed by atoms with Crippen molar-refractivity contribution in [2.75, 3.05) is 0 Å². The van der Waals surface area contributed by atoms with E-state index >= 15 is 0 Å². The molecular formula is C15H23Ti-. The van der Waals surface area contributed by atoms with Crippen LogP contribution in [0.1, 0.15) is 61.8 Å². The van der Waals surface area contributed by atoms with Crippen molar-refractivity contribution in [2.24, 2.45) is 11.8 Å². The molecule has 1 aliphatic carbocycles. The van der Waals surface area contributed by atoms with Crippen molar-refractivity contribution >= 4 is 0 Å². The summed E-state index contributed by atoms with van der Waals surface area (Å²) >= 11 is 0. The SMILES string of the molecule is Cc1c[c-](C)c2c1C(C)C(C)C(C)C2C.[Ti]. The molecule has 0 radical (unpaired) electrons. The molecule has 88 valence electrons. The van der Waals surface area contributed by atoms with E-state index < -0.39 is 0 Å². The van der Waals surface area contributed by atoms with Crippen LogP contribution in [0, 0.1) is 25.7 Å². The van der Waals surface area contributed by atoms with Crippen LogP contribution < -0.4 is 0 Å². The molecule has 0 amide bonds. The van der Waals surface area contributed by atoms with Gasteiger partial charge in [-0.3, -0.25) is 0 Å². The molecule has 0 bridgehead atoms. The summed E-state index contributed by atoms with van der Waals surface area (Å²) in [7, 11) is 0. The van der Waals surface area contributed by atoms with Gasteiger partial charge in [0.05, 0.1) is 0 Å². The fourth-order valence-corrected chi connectivity index (χ4v) is 3.55. The molecule has 0 fully saturated rings. The first-order valence-electron chi connectivity index (χ1n) is 6.21. The quantitative estimate of drug-likeness (QED) is 0.470. The Morgan fingerprint density at radius 2 is 1.50 bits per heavy atom. The van der Waals surface area contributed by atoms with Crippen molar-refractivity contribution in [2.45, 2.75) is 53.4 Å². The van der Waals surface area contributed by atoms with Crippen molar-refractivity contribution in [3.8, 4) is 0 Å². The van der Waals surface area contributed by atoms with Crippen molar-refractivity contribution in [3.63, 3.8) is 0 Å². The minimum absolute atomic E-state index is 0. The molecular weight excluding hydrogens is 228 g/mol. The van der Waals surface area contributed by atoms with Gasteiger partial charge in [0.1, 0.15) is 0 Å². The molecule has 2 rings (SSSR count). The molecule has 0 nitrogen and oxygen atoms in total. The molecule has 0 aliphatic heterocycles. The van der Waals surface area contributed by atoms with Crippen LogP contribution in [0.25, 0.3) is 0 Å². The Kier molecular flexibility index (Phi) is 4.19. The number of aryl methyl sites for hydroxylation is 2. The van der Waals surface area contributed by atoms with E-state index in [9.17, 15) is 0 Å². The van der Waals surface area contributed by atoms with Crippen molar-refractivity contribution in [3.05, 3.63) is 28.3 Å². The molecule has 1 aromatic rings. The summed E-state index contributed by atoms with van der Waals surface area (Å²) in [5, 5.41) is 0. The van der Waals surface area contributed by atoms with Gasteiger partial charge in [-0.15, -0.1) is 0 Å². The molecule has 0 saturated heterocycles. The Bertz CT molecular complexity index is 341. The molecule has 1 aliphatic rings. The predicted octanol–water partition coefficient (Wildman–Crippen LogP) is 4.51. The van der Waals surface area contributed by atoms with E-state index in [1.807, 2.05) is 0 Å². The third-order valence-electron chi connectivity index (χ3n) is 4.89. The fraction of sp³-hybridized carbons (Fsp3) is 0.667. The van der Waals surface area contributed by atoms with E-state index in [0.717, 1.165) is 23.7 Å². The molecule has 1 heteroatoms. The van der Waals surface area contributed by atoms with Gasteiger partial charge in [0.2, 0.25) is 0 Å². The van der Waals surface area contributed by atoms with Crippen LogP contribution in [0.4, 0.5) is 0 Å². The zero-order valence-corrected chi connectivity index (χ0v) is 12.9. The first kappa shape index (κ1) is 14.1. The van der Waals surface area contributed by atoms with Gasteiger partial charge in [-0.25, -0.2) is 0 Å². The Hall–Kier alpha value is 0.0643. The van der Waals surface area contributed by atoms with Crippen LogP contribution in [0.15, 0.2) is 6.07 Å². The van der Waals surface area contributed by atoms with Gasteiger partial charge in [0.25, 0.3) is 0 Å². The summed E-state index contributed by atoms with van der Waals surface area (Å²) in [6, 6.07) is 2.38. The first-order chi connectivity index (χ1) is 6.95. The van der Waals surface area contributed by atoms with E-state index in [2.05, 4.69) is 47.6 Å². The second-order valence-corrected chi connectivity index (χ2v) is 5.63. The zero-order chi connectivity index (χ0) is 11.3. The second kappa shape index (κ2) is 4.74. The minimum Gasteiger partial charge on any atom is -0.198 e. The molecule has 4 unspecified atom stereocenters. The minimum atomic E-state index is 0. The maximum Gasteiger partial charge on any atom is 0 e. The maximum absolute atomic E-state index is 2.41. The van der Waals surface area contributed by atoms with Gasteiger partial charge in [0, 0.05) is 21.7 Å². The van der Waals surface area contributed by atoms with Crippen LogP contribution >= 0.6 is 0 Å². The Labute approximate surface area is 115 Å². The summed E-state index contributed by atoms with van der Waals surface area (Å²) in [5.41, 5.74) is 6.34. The normalized spacial score (nSPS) is 33.1. The molecule has 16 heavy (non-hydrogen) atoms. The number of rotatable bonds is 0. The van der Waals surface area contributed by atoms with Crippen molar-refractivity contribution in [1.29, 1.82) is 0 Å². The molecule has 0 aromatic heterocycles. The number of hydrogen-bond donors (Lipinski definition) is 0. The van der Waals surface area contributed by atoms with Crippen LogP contribution in [0.2, 0.25) is 0 Å². The van der Waals surface area contributed by atoms with E-state index in [4.69, 9.17) is 0 Å². The number of hydrogen-bond acceptors (Lipinski definition) is 0. The topological polar surface area (TPSA) is 0 Å². The van der Waals surface area contributed by atoms with E-state index in [1.54, 1.807) is 11.1 Å². The average molecular weight is 251 g/mol. The second-order valence-electron chi connectivity index (χ2n) is 5.63. The largest absolute Gasteiger partial charge is 0.198 e. The predicted molar refractivity (Wildman–Crippen MR) is 66.7 cm³/mol. The fourth-order valence-electron chi connectivity index (χ4n) is 3.55. The smallest absolute Gasteiger partial charge is 0 e. The third kappa shape index (κ3) is 1.85. The standard InChI is InChI=1S/C15H23.Ti/c1-8-7-9(2)15-13(6)11(4)10(3)12(5)14(8)15;/h7,10-13H,1-6H3;/q-1;. The van der Waals surface area contributed by atoms with E-state index in [0.29, 0.717) is 0 Å². The van der Waals surface area contributed by atoms with Crippen LogP contribution in [0.5, 0.6) is 0 Å². The Morgan fingerprint density at radius 3 is 2.06 bits per heavy atom. The zero-order valence-electron chi connectivity index (χ0n) is 11.4. The molecule has 1 aromatic carbocycles. The van der Waals surface area contributed by atoms with Crippen molar-refractivity contribution < 1.29 is 21.7 Å². The summed E-state index contributed by atoms with van der Waals surface area (Å²) in [6.07, 6.45) is 0. The maximum atomic E-state index is 2.41.